The number of aromatic nitrogens is 2. The van der Waals surface area contributed by atoms with Crippen LogP contribution < -0.4 is 5.32 Å². The molecule has 1 saturated heterocycles. The Morgan fingerprint density at radius 2 is 2.07 bits per heavy atom. The normalized spacial score (nSPS) is 23.2. The van der Waals surface area contributed by atoms with E-state index in [9.17, 15) is 0 Å². The Morgan fingerprint density at radius 1 is 1.27 bits per heavy atom. The first-order valence-electron chi connectivity index (χ1n) is 6.14. The fourth-order valence-corrected chi connectivity index (χ4v) is 2.52. The van der Waals surface area contributed by atoms with Gasteiger partial charge in [0.2, 0.25) is 0 Å². The third kappa shape index (κ3) is 2.07. The average Bonchev–Trinajstić information content (AvgIpc) is 2.96. The van der Waals surface area contributed by atoms with Crippen LogP contribution in [0.15, 0.2) is 12.5 Å². The van der Waals surface area contributed by atoms with Crippen molar-refractivity contribution in [2.45, 2.75) is 38.1 Å². The SMILES string of the molecule is c1ncn(CC2CC2)c1C1CCNCC1. The number of piperidine rings is 1. The van der Waals surface area contributed by atoms with E-state index in [0.29, 0.717) is 0 Å². The summed E-state index contributed by atoms with van der Waals surface area (Å²) in [5.41, 5.74) is 1.48. The van der Waals surface area contributed by atoms with E-state index in [2.05, 4.69) is 21.1 Å². The second-order valence-corrected chi connectivity index (χ2v) is 4.94. The van der Waals surface area contributed by atoms with Gasteiger partial charge in [0, 0.05) is 24.4 Å². The molecule has 0 spiro atoms. The van der Waals surface area contributed by atoms with Gasteiger partial charge in [-0.1, -0.05) is 0 Å². The Labute approximate surface area is 90.9 Å². The van der Waals surface area contributed by atoms with Crippen molar-refractivity contribution in [3.63, 3.8) is 0 Å². The lowest BCUT2D eigenvalue weighted by Crippen LogP contribution is -2.27. The summed E-state index contributed by atoms with van der Waals surface area (Å²) in [6.07, 6.45) is 9.49. The van der Waals surface area contributed by atoms with Crippen molar-refractivity contribution in [3.05, 3.63) is 18.2 Å². The van der Waals surface area contributed by atoms with Gasteiger partial charge in [-0.15, -0.1) is 0 Å². The van der Waals surface area contributed by atoms with Crippen LogP contribution >= 0.6 is 0 Å². The van der Waals surface area contributed by atoms with Crippen LogP contribution in [0.3, 0.4) is 0 Å². The molecule has 0 amide bonds. The van der Waals surface area contributed by atoms with E-state index in [4.69, 9.17) is 0 Å². The summed E-state index contributed by atoms with van der Waals surface area (Å²) < 4.78 is 2.40. The molecule has 1 saturated carbocycles. The largest absolute Gasteiger partial charge is 0.334 e. The molecule has 1 aromatic heterocycles. The molecule has 3 nitrogen and oxygen atoms in total. The molecule has 2 aliphatic rings. The van der Waals surface area contributed by atoms with E-state index in [1.165, 1.54) is 51.0 Å². The highest BCUT2D eigenvalue weighted by Gasteiger charge is 2.24. The van der Waals surface area contributed by atoms with E-state index < -0.39 is 0 Å². The lowest BCUT2D eigenvalue weighted by atomic mass is 9.95. The number of nitrogens with one attached hydrogen (secondary N) is 1. The molecule has 15 heavy (non-hydrogen) atoms. The Hall–Kier alpha value is -0.830. The van der Waals surface area contributed by atoms with E-state index >= 15 is 0 Å². The molecule has 1 aliphatic carbocycles. The predicted octanol–water partition coefficient (Wildman–Crippen LogP) is 1.76. The Morgan fingerprint density at radius 3 is 2.80 bits per heavy atom. The third-order valence-corrected chi connectivity index (χ3v) is 3.65. The fraction of sp³-hybridized carbons (Fsp3) is 0.750. The minimum atomic E-state index is 0.743. The summed E-state index contributed by atoms with van der Waals surface area (Å²) in [6.45, 7) is 3.54. The van der Waals surface area contributed by atoms with E-state index in [0.717, 1.165) is 11.8 Å². The Bertz CT molecular complexity index is 321. The Balaban J connectivity index is 1.73. The molecule has 0 aromatic carbocycles. The van der Waals surface area contributed by atoms with Crippen LogP contribution in [0, 0.1) is 5.92 Å². The zero-order chi connectivity index (χ0) is 10.1. The smallest absolute Gasteiger partial charge is 0.0948 e. The molecule has 0 atom stereocenters. The van der Waals surface area contributed by atoms with Gasteiger partial charge in [0.05, 0.1) is 6.33 Å². The Kier molecular flexibility index (Phi) is 2.49. The van der Waals surface area contributed by atoms with Crippen molar-refractivity contribution in [2.75, 3.05) is 13.1 Å². The first-order valence-corrected chi connectivity index (χ1v) is 6.14. The summed E-state index contributed by atoms with van der Waals surface area (Å²) in [6, 6.07) is 0. The molecular weight excluding hydrogens is 186 g/mol. The van der Waals surface area contributed by atoms with Crippen LogP contribution in [0.4, 0.5) is 0 Å². The van der Waals surface area contributed by atoms with Gasteiger partial charge < -0.3 is 9.88 Å². The van der Waals surface area contributed by atoms with Crippen LogP contribution in [0.25, 0.3) is 0 Å². The van der Waals surface area contributed by atoms with Gasteiger partial charge in [-0.25, -0.2) is 4.98 Å². The van der Waals surface area contributed by atoms with Crippen LogP contribution in [0.2, 0.25) is 0 Å². The van der Waals surface area contributed by atoms with E-state index in [1.807, 2.05) is 6.33 Å². The molecule has 0 unspecified atom stereocenters. The maximum atomic E-state index is 4.32. The quantitative estimate of drug-likeness (QED) is 0.815. The molecule has 1 aliphatic heterocycles. The van der Waals surface area contributed by atoms with Gasteiger partial charge in [-0.3, -0.25) is 0 Å². The van der Waals surface area contributed by atoms with Crippen molar-refractivity contribution in [1.29, 1.82) is 0 Å². The first kappa shape index (κ1) is 9.40. The minimum absolute atomic E-state index is 0.743. The van der Waals surface area contributed by atoms with Crippen molar-refractivity contribution < 1.29 is 0 Å². The van der Waals surface area contributed by atoms with E-state index in [-0.39, 0.29) is 0 Å². The zero-order valence-corrected chi connectivity index (χ0v) is 9.15. The van der Waals surface area contributed by atoms with E-state index in [1.54, 1.807) is 0 Å². The second kappa shape index (κ2) is 3.97. The predicted molar refractivity (Wildman–Crippen MR) is 59.8 cm³/mol. The minimum Gasteiger partial charge on any atom is -0.334 e. The van der Waals surface area contributed by atoms with Crippen LogP contribution in [0.5, 0.6) is 0 Å². The summed E-state index contributed by atoms with van der Waals surface area (Å²) in [5, 5.41) is 3.42. The molecule has 1 N–H and O–H groups in total. The second-order valence-electron chi connectivity index (χ2n) is 4.94. The van der Waals surface area contributed by atoms with Crippen LogP contribution in [-0.2, 0) is 6.54 Å². The summed E-state index contributed by atoms with van der Waals surface area (Å²) in [4.78, 5) is 4.32. The molecule has 1 aromatic rings. The van der Waals surface area contributed by atoms with Crippen molar-refractivity contribution in [2.24, 2.45) is 5.92 Å². The van der Waals surface area contributed by atoms with Crippen LogP contribution in [0.1, 0.15) is 37.3 Å². The summed E-state index contributed by atoms with van der Waals surface area (Å²) in [7, 11) is 0. The molecule has 82 valence electrons. The molecule has 3 rings (SSSR count). The molecular formula is C12H19N3. The first-order chi connectivity index (χ1) is 7.43. The van der Waals surface area contributed by atoms with Gasteiger partial charge in [0.1, 0.15) is 0 Å². The molecule has 2 heterocycles. The van der Waals surface area contributed by atoms with Crippen molar-refractivity contribution in [3.8, 4) is 0 Å². The standard InChI is InChI=1S/C12H19N3/c1-2-10(1)8-15-9-14-7-12(15)11-3-5-13-6-4-11/h7,9-11,13H,1-6,8H2. The highest BCUT2D eigenvalue weighted by atomic mass is 15.1. The molecule has 2 fully saturated rings. The number of rotatable bonds is 3. The van der Waals surface area contributed by atoms with Gasteiger partial charge in [-0.05, 0) is 44.7 Å². The maximum Gasteiger partial charge on any atom is 0.0948 e. The van der Waals surface area contributed by atoms with Gasteiger partial charge >= 0.3 is 0 Å². The van der Waals surface area contributed by atoms with Crippen LogP contribution in [-0.4, -0.2) is 22.6 Å². The number of hydrogen-bond acceptors (Lipinski definition) is 2. The highest BCUT2D eigenvalue weighted by molar-refractivity contribution is 5.08. The van der Waals surface area contributed by atoms with Gasteiger partial charge in [-0.2, -0.15) is 0 Å². The zero-order valence-electron chi connectivity index (χ0n) is 9.15. The molecule has 0 radical (unpaired) electrons. The van der Waals surface area contributed by atoms with Crippen molar-refractivity contribution >= 4 is 0 Å². The third-order valence-electron chi connectivity index (χ3n) is 3.65. The lowest BCUT2D eigenvalue weighted by molar-refractivity contribution is 0.435. The molecule has 3 heteroatoms. The highest BCUT2D eigenvalue weighted by Crippen LogP contribution is 2.32. The topological polar surface area (TPSA) is 29.9 Å². The monoisotopic (exact) mass is 205 g/mol. The summed E-state index contributed by atoms with van der Waals surface area (Å²) in [5.74, 6) is 1.69. The fourth-order valence-electron chi connectivity index (χ4n) is 2.52. The molecule has 0 bridgehead atoms. The lowest BCUT2D eigenvalue weighted by Gasteiger charge is -2.23. The summed E-state index contributed by atoms with van der Waals surface area (Å²) >= 11 is 0. The average molecular weight is 205 g/mol. The van der Waals surface area contributed by atoms with Gasteiger partial charge in [0.25, 0.3) is 0 Å². The maximum absolute atomic E-state index is 4.32. The number of hydrogen-bond donors (Lipinski definition) is 1. The number of nitrogens with zero attached hydrogens (tertiary/aromatic N) is 2. The van der Waals surface area contributed by atoms with Gasteiger partial charge in [0.15, 0.2) is 0 Å². The number of imidazole rings is 1. The van der Waals surface area contributed by atoms with Crippen molar-refractivity contribution in [1.82, 2.24) is 14.9 Å².